The van der Waals surface area contributed by atoms with Gasteiger partial charge in [0.25, 0.3) is 0 Å². The second-order valence-corrected chi connectivity index (χ2v) is 25.7. The van der Waals surface area contributed by atoms with Gasteiger partial charge in [-0.25, -0.2) is 4.98 Å². The first-order chi connectivity index (χ1) is 48.6. The zero-order valence-electron chi connectivity index (χ0n) is 52.8. The van der Waals surface area contributed by atoms with Crippen molar-refractivity contribution < 1.29 is 0 Å². The lowest BCUT2D eigenvalue weighted by Crippen LogP contribution is -2.06. The van der Waals surface area contributed by atoms with Crippen LogP contribution in [0.3, 0.4) is 0 Å². The molecule has 0 aliphatic carbocycles. The molecule has 0 saturated carbocycles. The number of rotatable bonds is 8. The Labute approximate surface area is 561 Å². The zero-order valence-corrected chi connectivity index (χ0v) is 52.8. The predicted octanol–water partition coefficient (Wildman–Crippen LogP) is 22.9. The first kappa shape index (κ1) is 54.0. The highest BCUT2D eigenvalue weighted by Crippen LogP contribution is 2.46. The lowest BCUT2D eigenvalue weighted by molar-refractivity contribution is 1.10. The molecule has 0 radical (unpaired) electrons. The van der Waals surface area contributed by atoms with Gasteiger partial charge in [0, 0.05) is 98.5 Å². The van der Waals surface area contributed by atoms with Crippen molar-refractivity contribution in [3.05, 3.63) is 333 Å². The number of benzene rings is 14. The monoisotopic (exact) mass is 1250 g/mol. The summed E-state index contributed by atoms with van der Waals surface area (Å²) < 4.78 is 14.3. The fraction of sp³-hybridized carbons (Fsp3) is 0. The molecule has 0 aliphatic rings. The molecule has 0 unspecified atom stereocenters. The van der Waals surface area contributed by atoms with E-state index < -0.39 is 0 Å². The smallest absolute Gasteiger partial charge is 0.104 e. The number of hydrogen-bond donors (Lipinski definition) is 0. The SMILES string of the molecule is N#Cc1c(-n2c3cc(-n4c5ccccc5c5ccccc54)ccc3c3ccc(-n4c5ccccc5c5ccccc54)cc32)cc(-c2cccc(-c3ccccc3)n2)cc1-n1c2cc(-n3c4ccccc4c4ccccc43)ccc2c2ccc(-n3c4ccccc4c4ccccc43)cc21. The third kappa shape index (κ3) is 7.72. The van der Waals surface area contributed by atoms with Gasteiger partial charge in [0.2, 0.25) is 0 Å². The maximum absolute atomic E-state index is 12.8. The molecule has 8 nitrogen and oxygen atoms in total. The van der Waals surface area contributed by atoms with Gasteiger partial charge in [-0.15, -0.1) is 0 Å². The van der Waals surface area contributed by atoms with E-state index in [1.807, 2.05) is 6.07 Å². The molecule has 0 spiro atoms. The van der Waals surface area contributed by atoms with Crippen LogP contribution >= 0.6 is 0 Å². The molecule has 8 heteroatoms. The van der Waals surface area contributed by atoms with E-state index in [-0.39, 0.29) is 0 Å². The van der Waals surface area contributed by atoms with Gasteiger partial charge in [0.1, 0.15) is 11.6 Å². The molecule has 0 atom stereocenters. The third-order valence-electron chi connectivity index (χ3n) is 20.6. The summed E-state index contributed by atoms with van der Waals surface area (Å²) in [5, 5.41) is 26.5. The van der Waals surface area contributed by atoms with Crippen LogP contribution in [0.1, 0.15) is 5.56 Å². The quantitative estimate of drug-likeness (QED) is 0.152. The van der Waals surface area contributed by atoms with E-state index in [0.717, 1.165) is 144 Å². The summed E-state index contributed by atoms with van der Waals surface area (Å²) in [6.07, 6.45) is 0. The number of fused-ring (bicyclic) bond motifs is 18. The standard InChI is InChI=1S/C90H54N8/c91-55-74-85(97-87-51-58(93-77-33-12-4-23-62(77)63-24-5-13-34-78(63)93)41-45-70(87)71-46-42-59(52-88(71)97)94-79-35-14-6-25-64(79)65-26-7-15-36-80(65)94)49-57(76-32-20-31-75(92-76)56-21-2-1-3-22-56)50-86(74)98-89-53-60(95-81-37-16-8-27-66(81)67-28-9-17-38-82(67)95)43-47-72(89)73-48-44-61(54-90(73)98)96-83-39-18-10-29-68(83)69-30-11-19-40-84(69)96/h1-54H. The van der Waals surface area contributed by atoms with Crippen molar-refractivity contribution in [2.45, 2.75) is 0 Å². The Morgan fingerprint density at radius 1 is 0.204 bits per heavy atom. The Morgan fingerprint density at radius 3 is 0.724 bits per heavy atom. The molecule has 0 N–H and O–H groups in total. The lowest BCUT2D eigenvalue weighted by Gasteiger charge is -2.19. The van der Waals surface area contributed by atoms with Crippen LogP contribution in [-0.4, -0.2) is 32.4 Å². The van der Waals surface area contributed by atoms with Gasteiger partial charge in [-0.1, -0.05) is 206 Å². The molecule has 0 fully saturated rings. The molecular formula is C90H54N8. The number of nitriles is 1. The number of nitrogens with zero attached hydrogens (tertiary/aromatic N) is 8. The molecule has 7 heterocycles. The zero-order chi connectivity index (χ0) is 64.3. The summed E-state index contributed by atoms with van der Waals surface area (Å²) in [5.74, 6) is 0. The van der Waals surface area contributed by atoms with Gasteiger partial charge in [0.15, 0.2) is 0 Å². The first-order valence-corrected chi connectivity index (χ1v) is 33.3. The minimum Gasteiger partial charge on any atom is -0.309 e. The second kappa shape index (κ2) is 20.8. The van der Waals surface area contributed by atoms with Crippen LogP contribution in [0.15, 0.2) is 328 Å². The molecule has 0 bridgehead atoms. The Balaban J connectivity index is 0.919. The number of pyridine rings is 1. The van der Waals surface area contributed by atoms with Crippen molar-refractivity contribution in [2.24, 2.45) is 0 Å². The van der Waals surface area contributed by atoms with Gasteiger partial charge in [-0.2, -0.15) is 5.26 Å². The molecule has 21 aromatic rings. The summed E-state index contributed by atoms with van der Waals surface area (Å²) in [6.45, 7) is 0. The summed E-state index contributed by atoms with van der Waals surface area (Å²) in [6, 6.07) is 121. The van der Waals surface area contributed by atoms with E-state index in [2.05, 4.69) is 355 Å². The summed E-state index contributed by atoms with van der Waals surface area (Å²) in [4.78, 5) is 5.57. The Morgan fingerprint density at radius 2 is 0.449 bits per heavy atom. The highest BCUT2D eigenvalue weighted by atomic mass is 15.1. The van der Waals surface area contributed by atoms with Crippen LogP contribution < -0.4 is 0 Å². The highest BCUT2D eigenvalue weighted by molar-refractivity contribution is 6.17. The summed E-state index contributed by atoms with van der Waals surface area (Å²) >= 11 is 0. The van der Waals surface area contributed by atoms with E-state index in [0.29, 0.717) is 5.56 Å². The Hall–Kier alpha value is -13.5. The maximum Gasteiger partial charge on any atom is 0.104 e. The van der Waals surface area contributed by atoms with Crippen LogP contribution in [0.25, 0.3) is 187 Å². The number of aromatic nitrogens is 7. The van der Waals surface area contributed by atoms with Gasteiger partial charge in [-0.05, 0) is 121 Å². The van der Waals surface area contributed by atoms with Crippen molar-refractivity contribution in [2.75, 3.05) is 0 Å². The van der Waals surface area contributed by atoms with Crippen molar-refractivity contribution in [3.63, 3.8) is 0 Å². The fourth-order valence-electron chi connectivity index (χ4n) is 16.5. The molecule has 21 rings (SSSR count). The van der Waals surface area contributed by atoms with Gasteiger partial charge >= 0.3 is 0 Å². The fourth-order valence-corrected chi connectivity index (χ4v) is 16.5. The molecule has 0 amide bonds. The molecule has 0 aliphatic heterocycles. The van der Waals surface area contributed by atoms with E-state index in [1.165, 1.54) is 43.1 Å². The van der Waals surface area contributed by atoms with Gasteiger partial charge in [0.05, 0.1) is 89.0 Å². The van der Waals surface area contributed by atoms with Gasteiger partial charge in [-0.3, -0.25) is 0 Å². The normalized spacial score (nSPS) is 12.1. The number of hydrogen-bond acceptors (Lipinski definition) is 2. The average Bonchev–Trinajstić information content (AvgIpc) is 1.55. The van der Waals surface area contributed by atoms with Crippen molar-refractivity contribution in [1.82, 2.24) is 32.4 Å². The third-order valence-corrected chi connectivity index (χ3v) is 20.6. The van der Waals surface area contributed by atoms with Crippen LogP contribution in [-0.2, 0) is 0 Å². The molecule has 454 valence electrons. The second-order valence-electron chi connectivity index (χ2n) is 25.7. The average molecular weight is 1250 g/mol. The van der Waals surface area contributed by atoms with E-state index in [1.54, 1.807) is 0 Å². The maximum atomic E-state index is 12.8. The van der Waals surface area contributed by atoms with Gasteiger partial charge < -0.3 is 27.4 Å². The molecular weight excluding hydrogens is 1190 g/mol. The Kier molecular flexibility index (Phi) is 11.4. The molecule has 7 aromatic heterocycles. The minimum atomic E-state index is 0.500. The van der Waals surface area contributed by atoms with Crippen molar-refractivity contribution in [1.29, 1.82) is 5.26 Å². The van der Waals surface area contributed by atoms with E-state index in [4.69, 9.17) is 4.98 Å². The van der Waals surface area contributed by atoms with Crippen molar-refractivity contribution >= 4 is 131 Å². The minimum absolute atomic E-state index is 0.500. The van der Waals surface area contributed by atoms with Crippen LogP contribution in [0, 0.1) is 11.3 Å². The van der Waals surface area contributed by atoms with Crippen molar-refractivity contribution in [3.8, 4) is 62.7 Å². The first-order valence-electron chi connectivity index (χ1n) is 33.3. The van der Waals surface area contributed by atoms with Crippen LogP contribution in [0.4, 0.5) is 0 Å². The predicted molar refractivity (Wildman–Crippen MR) is 406 cm³/mol. The topological polar surface area (TPSA) is 66.3 Å². The van der Waals surface area contributed by atoms with Crippen LogP contribution in [0.5, 0.6) is 0 Å². The summed E-state index contributed by atoms with van der Waals surface area (Å²) in [7, 11) is 0. The highest BCUT2D eigenvalue weighted by Gasteiger charge is 2.27. The van der Waals surface area contributed by atoms with E-state index in [9.17, 15) is 5.26 Å². The van der Waals surface area contributed by atoms with E-state index >= 15 is 0 Å². The Bertz CT molecular complexity index is 6090. The molecule has 98 heavy (non-hydrogen) atoms. The number of para-hydroxylation sites is 8. The summed E-state index contributed by atoms with van der Waals surface area (Å²) in [5.41, 5.74) is 22.2. The molecule has 0 saturated heterocycles. The molecule has 14 aromatic carbocycles. The van der Waals surface area contributed by atoms with Crippen LogP contribution in [0.2, 0.25) is 0 Å². The largest absolute Gasteiger partial charge is 0.309 e. The lowest BCUT2D eigenvalue weighted by atomic mass is 10.0.